The van der Waals surface area contributed by atoms with E-state index in [0.29, 0.717) is 16.8 Å². The van der Waals surface area contributed by atoms with E-state index in [1.165, 1.54) is 19.3 Å². The van der Waals surface area contributed by atoms with Crippen LogP contribution in [0, 0.1) is 0 Å². The van der Waals surface area contributed by atoms with E-state index in [1.54, 1.807) is 6.07 Å². The van der Waals surface area contributed by atoms with Gasteiger partial charge in [-0.15, -0.1) is 0 Å². The van der Waals surface area contributed by atoms with Crippen molar-refractivity contribution >= 4 is 28.4 Å². The molecule has 104 valence electrons. The Kier molecular flexibility index (Phi) is 3.88. The van der Waals surface area contributed by atoms with Crippen LogP contribution >= 0.6 is 11.6 Å². The molecule has 1 aromatic carbocycles. The molecule has 1 aliphatic rings. The van der Waals surface area contributed by atoms with Crippen molar-refractivity contribution in [2.45, 2.75) is 38.1 Å². The standard InChI is InChI=1S/C16H17ClN2O/c17-15-10-13(12-8-4-5-9-14(12)19-15)16(20)18-11-6-2-1-3-7-11/h4-5,8-11H,1-3,6-7H2,(H,18,20). The van der Waals surface area contributed by atoms with E-state index in [-0.39, 0.29) is 5.91 Å². The second kappa shape index (κ2) is 5.80. The van der Waals surface area contributed by atoms with Crippen LogP contribution in [0.5, 0.6) is 0 Å². The molecule has 0 atom stereocenters. The molecule has 0 saturated heterocycles. The number of amides is 1. The zero-order valence-electron chi connectivity index (χ0n) is 11.2. The molecule has 0 radical (unpaired) electrons. The molecule has 1 heterocycles. The third-order valence-electron chi connectivity index (χ3n) is 3.87. The van der Waals surface area contributed by atoms with Gasteiger partial charge < -0.3 is 5.32 Å². The third kappa shape index (κ3) is 2.78. The Morgan fingerprint density at radius 3 is 2.75 bits per heavy atom. The average molecular weight is 289 g/mol. The number of rotatable bonds is 2. The molecule has 3 nitrogen and oxygen atoms in total. The first-order valence-electron chi connectivity index (χ1n) is 7.10. The fourth-order valence-electron chi connectivity index (χ4n) is 2.84. The van der Waals surface area contributed by atoms with Gasteiger partial charge in [0.25, 0.3) is 5.91 Å². The lowest BCUT2D eigenvalue weighted by Gasteiger charge is -2.23. The fraction of sp³-hybridized carbons (Fsp3) is 0.375. The lowest BCUT2D eigenvalue weighted by molar-refractivity contribution is 0.0929. The SMILES string of the molecule is O=C(NC1CCCCC1)c1cc(Cl)nc2ccccc12. The Morgan fingerprint density at radius 1 is 1.20 bits per heavy atom. The van der Waals surface area contributed by atoms with Gasteiger partial charge in [0.15, 0.2) is 0 Å². The molecule has 0 bridgehead atoms. The summed E-state index contributed by atoms with van der Waals surface area (Å²) in [6.45, 7) is 0. The van der Waals surface area contributed by atoms with Crippen molar-refractivity contribution in [1.82, 2.24) is 10.3 Å². The van der Waals surface area contributed by atoms with Crippen LogP contribution < -0.4 is 5.32 Å². The summed E-state index contributed by atoms with van der Waals surface area (Å²) in [6.07, 6.45) is 5.81. The molecule has 0 unspecified atom stereocenters. The zero-order chi connectivity index (χ0) is 13.9. The minimum atomic E-state index is -0.0441. The largest absolute Gasteiger partial charge is 0.349 e. The van der Waals surface area contributed by atoms with Gasteiger partial charge in [-0.05, 0) is 25.0 Å². The van der Waals surface area contributed by atoms with Crippen LogP contribution in [0.4, 0.5) is 0 Å². The molecule has 2 aromatic rings. The molecule has 4 heteroatoms. The van der Waals surface area contributed by atoms with Gasteiger partial charge in [-0.25, -0.2) is 4.98 Å². The number of carbonyl (C=O) groups is 1. The summed E-state index contributed by atoms with van der Waals surface area (Å²) in [4.78, 5) is 16.7. The zero-order valence-corrected chi connectivity index (χ0v) is 12.0. The summed E-state index contributed by atoms with van der Waals surface area (Å²) in [7, 11) is 0. The Balaban J connectivity index is 1.90. The molecule has 1 aliphatic carbocycles. The van der Waals surface area contributed by atoms with Crippen molar-refractivity contribution in [3.8, 4) is 0 Å². The van der Waals surface area contributed by atoms with Gasteiger partial charge in [-0.1, -0.05) is 49.1 Å². The van der Waals surface area contributed by atoms with Crippen molar-refractivity contribution in [2.75, 3.05) is 0 Å². The van der Waals surface area contributed by atoms with Gasteiger partial charge >= 0.3 is 0 Å². The molecule has 1 fully saturated rings. The maximum Gasteiger partial charge on any atom is 0.252 e. The molecule has 0 spiro atoms. The Hall–Kier alpha value is -1.61. The first-order chi connectivity index (χ1) is 9.74. The normalized spacial score (nSPS) is 16.2. The third-order valence-corrected chi connectivity index (χ3v) is 4.06. The first-order valence-corrected chi connectivity index (χ1v) is 7.48. The minimum Gasteiger partial charge on any atom is -0.349 e. The molecule has 0 aliphatic heterocycles. The minimum absolute atomic E-state index is 0.0441. The molecule has 1 saturated carbocycles. The van der Waals surface area contributed by atoms with Gasteiger partial charge in [0.1, 0.15) is 5.15 Å². The monoisotopic (exact) mass is 288 g/mol. The highest BCUT2D eigenvalue weighted by molar-refractivity contribution is 6.30. The highest BCUT2D eigenvalue weighted by Crippen LogP contribution is 2.22. The van der Waals surface area contributed by atoms with Gasteiger partial charge in [0.05, 0.1) is 11.1 Å². The summed E-state index contributed by atoms with van der Waals surface area (Å²) < 4.78 is 0. The van der Waals surface area contributed by atoms with Gasteiger partial charge in [0.2, 0.25) is 0 Å². The number of halogens is 1. The summed E-state index contributed by atoms with van der Waals surface area (Å²) in [5, 5.41) is 4.34. The van der Waals surface area contributed by atoms with Gasteiger partial charge in [-0.3, -0.25) is 4.79 Å². The van der Waals surface area contributed by atoms with Crippen LogP contribution in [-0.4, -0.2) is 16.9 Å². The van der Waals surface area contributed by atoms with E-state index in [4.69, 9.17) is 11.6 Å². The van der Waals surface area contributed by atoms with Crippen LogP contribution in [0.25, 0.3) is 10.9 Å². The average Bonchev–Trinajstić information content (AvgIpc) is 2.47. The maximum atomic E-state index is 12.5. The van der Waals surface area contributed by atoms with E-state index >= 15 is 0 Å². The van der Waals surface area contributed by atoms with Crippen molar-refractivity contribution in [2.24, 2.45) is 0 Å². The second-order valence-corrected chi connectivity index (χ2v) is 5.71. The van der Waals surface area contributed by atoms with Crippen LogP contribution in [0.15, 0.2) is 30.3 Å². The van der Waals surface area contributed by atoms with E-state index in [9.17, 15) is 4.79 Å². The number of hydrogen-bond acceptors (Lipinski definition) is 2. The maximum absolute atomic E-state index is 12.5. The van der Waals surface area contributed by atoms with Crippen LogP contribution in [0.3, 0.4) is 0 Å². The number of nitrogens with zero attached hydrogens (tertiary/aromatic N) is 1. The number of para-hydroxylation sites is 1. The number of pyridine rings is 1. The van der Waals surface area contributed by atoms with Crippen LogP contribution in [0.2, 0.25) is 5.15 Å². The van der Waals surface area contributed by atoms with E-state index in [1.807, 2.05) is 24.3 Å². The van der Waals surface area contributed by atoms with Crippen LogP contribution in [-0.2, 0) is 0 Å². The van der Waals surface area contributed by atoms with E-state index < -0.39 is 0 Å². The molecule has 1 N–H and O–H groups in total. The highest BCUT2D eigenvalue weighted by Gasteiger charge is 2.18. The number of benzene rings is 1. The summed E-state index contributed by atoms with van der Waals surface area (Å²) in [6, 6.07) is 9.54. The molecule has 3 rings (SSSR count). The number of carbonyl (C=O) groups excluding carboxylic acids is 1. The van der Waals surface area contributed by atoms with Crippen molar-refractivity contribution in [3.63, 3.8) is 0 Å². The van der Waals surface area contributed by atoms with Crippen molar-refractivity contribution in [3.05, 3.63) is 41.0 Å². The molecule has 1 amide bonds. The topological polar surface area (TPSA) is 42.0 Å². The lowest BCUT2D eigenvalue weighted by atomic mass is 9.95. The quantitative estimate of drug-likeness (QED) is 0.850. The molecule has 1 aromatic heterocycles. The number of nitrogens with one attached hydrogen (secondary N) is 1. The first kappa shape index (κ1) is 13.4. The molecular weight excluding hydrogens is 272 g/mol. The lowest BCUT2D eigenvalue weighted by Crippen LogP contribution is -2.36. The number of hydrogen-bond donors (Lipinski definition) is 1. The molecule has 20 heavy (non-hydrogen) atoms. The predicted octanol–water partition coefficient (Wildman–Crippen LogP) is 3.95. The highest BCUT2D eigenvalue weighted by atomic mass is 35.5. The Labute approximate surface area is 123 Å². The number of fused-ring (bicyclic) bond motifs is 1. The smallest absolute Gasteiger partial charge is 0.252 e. The fourth-order valence-corrected chi connectivity index (χ4v) is 3.04. The van der Waals surface area contributed by atoms with E-state index in [2.05, 4.69) is 10.3 Å². The second-order valence-electron chi connectivity index (χ2n) is 5.32. The summed E-state index contributed by atoms with van der Waals surface area (Å²) >= 11 is 6.02. The van der Waals surface area contributed by atoms with Crippen molar-refractivity contribution < 1.29 is 4.79 Å². The number of aromatic nitrogens is 1. The van der Waals surface area contributed by atoms with Crippen LogP contribution in [0.1, 0.15) is 42.5 Å². The predicted molar refractivity (Wildman–Crippen MR) is 81.1 cm³/mol. The summed E-state index contributed by atoms with van der Waals surface area (Å²) in [5.41, 5.74) is 1.37. The van der Waals surface area contributed by atoms with Gasteiger partial charge in [-0.2, -0.15) is 0 Å². The summed E-state index contributed by atoms with van der Waals surface area (Å²) in [5.74, 6) is -0.0441. The van der Waals surface area contributed by atoms with Gasteiger partial charge in [0, 0.05) is 11.4 Å². The van der Waals surface area contributed by atoms with Crippen molar-refractivity contribution in [1.29, 1.82) is 0 Å². The Bertz CT molecular complexity index is 635. The Morgan fingerprint density at radius 2 is 1.95 bits per heavy atom. The van der Waals surface area contributed by atoms with E-state index in [0.717, 1.165) is 23.7 Å². The molecular formula is C16H17ClN2O.